The fourth-order valence-corrected chi connectivity index (χ4v) is 1.98. The quantitative estimate of drug-likeness (QED) is 0.352. The third-order valence-corrected chi connectivity index (χ3v) is 3.02. The van der Waals surface area contributed by atoms with E-state index in [2.05, 4.69) is 9.05 Å². The Labute approximate surface area is 120 Å². The van der Waals surface area contributed by atoms with Crippen LogP contribution in [0.2, 0.25) is 0 Å². The molecule has 0 amide bonds. The maximum atomic E-state index is 13.3. The standard InChI is InChI=1S/C12H4F6O3P/c13-5-1-3-6(4-2-5)20-22(19)21-12-10(17)8(15)7(14)9(16)11(12)18/h1-4H/q+1. The monoisotopic (exact) mass is 341 g/mol. The molecule has 0 bridgehead atoms. The lowest BCUT2D eigenvalue weighted by Crippen LogP contribution is -2.04. The average molecular weight is 341 g/mol. The van der Waals surface area contributed by atoms with Gasteiger partial charge in [-0.25, -0.2) is 26.6 Å². The van der Waals surface area contributed by atoms with Crippen molar-refractivity contribution in [2.45, 2.75) is 0 Å². The van der Waals surface area contributed by atoms with Gasteiger partial charge in [-0.05, 0) is 24.3 Å². The topological polar surface area (TPSA) is 35.5 Å². The van der Waals surface area contributed by atoms with Crippen molar-refractivity contribution in [2.24, 2.45) is 0 Å². The summed E-state index contributed by atoms with van der Waals surface area (Å²) in [5.74, 6) is -14.0. The highest BCUT2D eigenvalue weighted by molar-refractivity contribution is 7.34. The van der Waals surface area contributed by atoms with Crippen molar-refractivity contribution in [3.63, 3.8) is 0 Å². The summed E-state index contributed by atoms with van der Waals surface area (Å²) in [6.45, 7) is 0. The first-order chi connectivity index (χ1) is 10.3. The van der Waals surface area contributed by atoms with Crippen molar-refractivity contribution < 1.29 is 40.0 Å². The lowest BCUT2D eigenvalue weighted by Gasteiger charge is -2.02. The number of benzene rings is 2. The third kappa shape index (κ3) is 3.14. The Morgan fingerprint density at radius 2 is 1.14 bits per heavy atom. The molecule has 10 heteroatoms. The van der Waals surface area contributed by atoms with Gasteiger partial charge >= 0.3 is 8.25 Å². The van der Waals surface area contributed by atoms with Crippen LogP contribution < -0.4 is 9.05 Å². The van der Waals surface area contributed by atoms with Crippen LogP contribution in [0.4, 0.5) is 26.3 Å². The van der Waals surface area contributed by atoms with Gasteiger partial charge in [-0.3, -0.25) is 0 Å². The maximum Gasteiger partial charge on any atom is 0.805 e. The molecule has 116 valence electrons. The molecule has 2 aromatic carbocycles. The molecule has 0 heterocycles. The number of hydrogen-bond acceptors (Lipinski definition) is 3. The minimum atomic E-state index is -3.32. The van der Waals surface area contributed by atoms with Crippen LogP contribution in [0.15, 0.2) is 24.3 Å². The van der Waals surface area contributed by atoms with Gasteiger partial charge in [0.1, 0.15) is 5.82 Å². The Kier molecular flexibility index (Phi) is 4.56. The zero-order valence-corrected chi connectivity index (χ0v) is 11.1. The summed E-state index contributed by atoms with van der Waals surface area (Å²) in [6, 6.07) is 3.89. The van der Waals surface area contributed by atoms with Crippen LogP contribution >= 0.6 is 8.25 Å². The van der Waals surface area contributed by atoms with E-state index in [0.29, 0.717) is 0 Å². The second-order valence-electron chi connectivity index (χ2n) is 3.76. The Morgan fingerprint density at radius 3 is 1.64 bits per heavy atom. The van der Waals surface area contributed by atoms with E-state index in [0.717, 1.165) is 24.3 Å². The normalized spacial score (nSPS) is 11.3. The highest BCUT2D eigenvalue weighted by Gasteiger charge is 2.35. The minimum absolute atomic E-state index is 0.202. The van der Waals surface area contributed by atoms with E-state index in [4.69, 9.17) is 0 Å². The molecular weight excluding hydrogens is 337 g/mol. The lowest BCUT2D eigenvalue weighted by atomic mass is 10.3. The van der Waals surface area contributed by atoms with E-state index in [1.54, 1.807) is 0 Å². The van der Waals surface area contributed by atoms with Crippen LogP contribution in [0.5, 0.6) is 11.5 Å². The Hall–Kier alpha value is -2.28. The zero-order chi connectivity index (χ0) is 16.4. The van der Waals surface area contributed by atoms with Crippen molar-refractivity contribution in [3.05, 3.63) is 59.2 Å². The molecule has 3 nitrogen and oxygen atoms in total. The van der Waals surface area contributed by atoms with Gasteiger partial charge in [0.2, 0.25) is 29.1 Å². The van der Waals surface area contributed by atoms with Crippen LogP contribution in [-0.2, 0) is 4.57 Å². The summed E-state index contributed by atoms with van der Waals surface area (Å²) in [7, 11) is -3.32. The van der Waals surface area contributed by atoms with Crippen LogP contribution in [0, 0.1) is 34.9 Å². The minimum Gasteiger partial charge on any atom is -0.222 e. The van der Waals surface area contributed by atoms with E-state index in [9.17, 15) is 30.9 Å². The Morgan fingerprint density at radius 1 is 0.682 bits per heavy atom. The SMILES string of the molecule is O=[P+](Oc1ccc(F)cc1)Oc1c(F)c(F)c(F)c(F)c1F. The van der Waals surface area contributed by atoms with Gasteiger partial charge in [-0.1, -0.05) is 0 Å². The molecule has 0 aliphatic carbocycles. The molecule has 1 atom stereocenters. The lowest BCUT2D eigenvalue weighted by molar-refractivity contribution is 0.336. The predicted octanol–water partition coefficient (Wildman–Crippen LogP) is 4.64. The highest BCUT2D eigenvalue weighted by Crippen LogP contribution is 2.36. The van der Waals surface area contributed by atoms with Gasteiger partial charge in [0.25, 0.3) is 5.75 Å². The summed E-state index contributed by atoms with van der Waals surface area (Å²) in [5, 5.41) is 0. The molecule has 0 aromatic heterocycles. The van der Waals surface area contributed by atoms with Crippen molar-refractivity contribution in [2.75, 3.05) is 0 Å². The van der Waals surface area contributed by atoms with Crippen LogP contribution in [0.3, 0.4) is 0 Å². The first-order valence-electron chi connectivity index (χ1n) is 5.41. The largest absolute Gasteiger partial charge is 0.805 e. The third-order valence-electron chi connectivity index (χ3n) is 2.33. The van der Waals surface area contributed by atoms with Crippen LogP contribution in [0.1, 0.15) is 0 Å². The molecule has 0 aliphatic heterocycles. The summed E-state index contributed by atoms with van der Waals surface area (Å²) in [4.78, 5) is 0. The summed E-state index contributed by atoms with van der Waals surface area (Å²) >= 11 is 0. The summed E-state index contributed by atoms with van der Waals surface area (Å²) in [6.07, 6.45) is 0. The average Bonchev–Trinajstić information content (AvgIpc) is 2.50. The van der Waals surface area contributed by atoms with Crippen LogP contribution in [0.25, 0.3) is 0 Å². The number of rotatable bonds is 4. The first-order valence-corrected chi connectivity index (χ1v) is 6.51. The number of halogens is 6. The molecule has 1 unspecified atom stereocenters. The summed E-state index contributed by atoms with van der Waals surface area (Å²) in [5.41, 5.74) is 0. The van der Waals surface area contributed by atoms with Crippen molar-refractivity contribution in [3.8, 4) is 11.5 Å². The first kappa shape index (κ1) is 16.1. The molecule has 0 saturated heterocycles. The van der Waals surface area contributed by atoms with E-state index >= 15 is 0 Å². The Balaban J connectivity index is 2.24. The molecular formula is C12H4F6O3P+. The van der Waals surface area contributed by atoms with Gasteiger partial charge in [0.05, 0.1) is 0 Å². The molecule has 0 saturated carbocycles. The van der Waals surface area contributed by atoms with E-state index < -0.39 is 48.9 Å². The second-order valence-corrected chi connectivity index (χ2v) is 4.57. The Bertz CT molecular complexity index is 706. The van der Waals surface area contributed by atoms with Crippen molar-refractivity contribution >= 4 is 8.25 Å². The fourth-order valence-electron chi connectivity index (χ4n) is 1.34. The molecule has 0 aliphatic rings. The van der Waals surface area contributed by atoms with Gasteiger partial charge in [0, 0.05) is 4.57 Å². The van der Waals surface area contributed by atoms with E-state index in [-0.39, 0.29) is 5.75 Å². The van der Waals surface area contributed by atoms with Gasteiger partial charge in [-0.2, -0.15) is 8.78 Å². The highest BCUT2D eigenvalue weighted by atomic mass is 31.1. The van der Waals surface area contributed by atoms with E-state index in [1.165, 1.54) is 0 Å². The van der Waals surface area contributed by atoms with E-state index in [1.807, 2.05) is 0 Å². The molecule has 22 heavy (non-hydrogen) atoms. The molecule has 0 fully saturated rings. The zero-order valence-electron chi connectivity index (χ0n) is 10.2. The van der Waals surface area contributed by atoms with Crippen molar-refractivity contribution in [1.82, 2.24) is 0 Å². The number of hydrogen-bond donors (Lipinski definition) is 0. The molecule has 0 spiro atoms. The molecule has 0 radical (unpaired) electrons. The maximum absolute atomic E-state index is 13.3. The predicted molar refractivity (Wildman–Crippen MR) is 61.5 cm³/mol. The molecule has 0 N–H and O–H groups in total. The van der Waals surface area contributed by atoms with Gasteiger partial charge in [-0.15, -0.1) is 0 Å². The van der Waals surface area contributed by atoms with Crippen molar-refractivity contribution in [1.29, 1.82) is 0 Å². The fraction of sp³-hybridized carbons (Fsp3) is 0. The van der Waals surface area contributed by atoms with Gasteiger partial charge in [0.15, 0.2) is 5.75 Å². The van der Waals surface area contributed by atoms with Crippen LogP contribution in [-0.4, -0.2) is 0 Å². The molecule has 2 aromatic rings. The second kappa shape index (κ2) is 6.23. The molecule has 2 rings (SSSR count). The smallest absolute Gasteiger partial charge is 0.222 e. The van der Waals surface area contributed by atoms with Gasteiger partial charge < -0.3 is 0 Å². The summed E-state index contributed by atoms with van der Waals surface area (Å²) < 4.78 is 97.9.